The second-order valence-corrected chi connectivity index (χ2v) is 10.4. The Labute approximate surface area is 184 Å². The van der Waals surface area contributed by atoms with Gasteiger partial charge in [0.25, 0.3) is 5.91 Å². The average molecular weight is 462 g/mol. The van der Waals surface area contributed by atoms with Gasteiger partial charge in [-0.25, -0.2) is 8.42 Å². The maximum atomic E-state index is 13.4. The average Bonchev–Trinajstić information content (AvgIpc) is 3.12. The predicted octanol–water partition coefficient (Wildman–Crippen LogP) is 5.13. The van der Waals surface area contributed by atoms with E-state index in [4.69, 9.17) is 16.3 Å². The van der Waals surface area contributed by atoms with Crippen LogP contribution in [0.15, 0.2) is 64.4 Å². The van der Waals surface area contributed by atoms with Crippen molar-refractivity contribution in [2.24, 2.45) is 0 Å². The molecule has 2 aromatic carbocycles. The number of ether oxygens (including phenoxy) is 1. The molecule has 0 saturated heterocycles. The molecule has 1 aliphatic rings. The molecule has 5 nitrogen and oxygen atoms in total. The van der Waals surface area contributed by atoms with E-state index in [1.165, 1.54) is 11.3 Å². The van der Waals surface area contributed by atoms with Gasteiger partial charge in [-0.15, -0.1) is 11.3 Å². The minimum Gasteiger partial charge on any atom is -0.482 e. The number of carbonyl (C=O) groups is 1. The van der Waals surface area contributed by atoms with Gasteiger partial charge in [-0.1, -0.05) is 41.9 Å². The van der Waals surface area contributed by atoms with Crippen molar-refractivity contribution < 1.29 is 17.9 Å². The number of thiophene rings is 1. The lowest BCUT2D eigenvalue weighted by Gasteiger charge is -2.14. The van der Waals surface area contributed by atoms with Gasteiger partial charge in [0.05, 0.1) is 9.92 Å². The van der Waals surface area contributed by atoms with Crippen molar-refractivity contribution in [3.63, 3.8) is 0 Å². The number of fused-ring (bicyclic) bond motifs is 1. The fraction of sp³-hybridized carbons (Fsp3) is 0.227. The number of aryl methyl sites for hydroxylation is 1. The molecule has 0 radical (unpaired) electrons. The molecule has 1 aliphatic carbocycles. The molecule has 8 heteroatoms. The summed E-state index contributed by atoms with van der Waals surface area (Å²) in [7, 11) is -3.75. The SMILES string of the molecule is O=C(COc1ccccc1Cl)Nc1sc2c(c1S(=O)(=O)c1ccccc1)CCCC2. The van der Waals surface area contributed by atoms with Crippen LogP contribution < -0.4 is 10.1 Å². The molecule has 1 aromatic heterocycles. The first-order chi connectivity index (χ1) is 14.5. The van der Waals surface area contributed by atoms with Crippen LogP contribution in [-0.4, -0.2) is 20.9 Å². The minimum atomic E-state index is -3.75. The van der Waals surface area contributed by atoms with Crippen molar-refractivity contribution in [3.8, 4) is 5.75 Å². The third-order valence-electron chi connectivity index (χ3n) is 4.89. The third-order valence-corrected chi connectivity index (χ3v) is 8.42. The maximum Gasteiger partial charge on any atom is 0.262 e. The van der Waals surface area contributed by atoms with E-state index in [1.807, 2.05) is 0 Å². The van der Waals surface area contributed by atoms with Gasteiger partial charge in [0, 0.05) is 4.88 Å². The molecule has 30 heavy (non-hydrogen) atoms. The van der Waals surface area contributed by atoms with Crippen molar-refractivity contribution >= 4 is 43.7 Å². The van der Waals surface area contributed by atoms with Gasteiger partial charge in [-0.05, 0) is 55.5 Å². The van der Waals surface area contributed by atoms with E-state index >= 15 is 0 Å². The van der Waals surface area contributed by atoms with Gasteiger partial charge in [0.1, 0.15) is 15.6 Å². The monoisotopic (exact) mass is 461 g/mol. The number of hydrogen-bond acceptors (Lipinski definition) is 5. The second-order valence-electron chi connectivity index (χ2n) is 6.95. The Bertz CT molecular complexity index is 1170. The number of sulfone groups is 1. The number of halogens is 1. The third kappa shape index (κ3) is 4.24. The van der Waals surface area contributed by atoms with E-state index in [-0.39, 0.29) is 16.4 Å². The van der Waals surface area contributed by atoms with Gasteiger partial charge >= 0.3 is 0 Å². The van der Waals surface area contributed by atoms with E-state index in [0.717, 1.165) is 29.7 Å². The number of amides is 1. The number of nitrogens with one attached hydrogen (secondary N) is 1. The molecule has 4 rings (SSSR count). The van der Waals surface area contributed by atoms with Gasteiger partial charge in [-0.2, -0.15) is 0 Å². The van der Waals surface area contributed by atoms with Gasteiger partial charge in [-0.3, -0.25) is 4.79 Å². The number of benzene rings is 2. The number of hydrogen-bond donors (Lipinski definition) is 1. The van der Waals surface area contributed by atoms with E-state index in [9.17, 15) is 13.2 Å². The van der Waals surface area contributed by atoms with Gasteiger partial charge in [0.2, 0.25) is 9.84 Å². The Morgan fingerprint density at radius 3 is 2.50 bits per heavy atom. The largest absolute Gasteiger partial charge is 0.482 e. The standard InChI is InChI=1S/C22H20ClNO4S2/c23-17-11-5-6-12-18(17)28-14-20(25)24-22-21(16-10-4-7-13-19(16)29-22)30(26,27)15-8-2-1-3-9-15/h1-3,5-6,8-9,11-12H,4,7,10,13-14H2,(H,24,25). The number of anilines is 1. The second kappa shape index (κ2) is 8.79. The summed E-state index contributed by atoms with van der Waals surface area (Å²) in [6.45, 7) is -0.267. The zero-order chi connectivity index (χ0) is 21.1. The summed E-state index contributed by atoms with van der Waals surface area (Å²) in [4.78, 5) is 14.0. The summed E-state index contributed by atoms with van der Waals surface area (Å²) < 4.78 is 32.3. The maximum absolute atomic E-state index is 13.4. The van der Waals surface area contributed by atoms with Crippen LogP contribution in [0, 0.1) is 0 Å². The Kier molecular flexibility index (Phi) is 6.13. The zero-order valence-corrected chi connectivity index (χ0v) is 18.4. The van der Waals surface area contributed by atoms with E-state index < -0.39 is 15.7 Å². The number of carbonyl (C=O) groups excluding carboxylic acids is 1. The van der Waals surface area contributed by atoms with Crippen LogP contribution in [0.1, 0.15) is 23.3 Å². The van der Waals surface area contributed by atoms with Crippen molar-refractivity contribution in [1.29, 1.82) is 0 Å². The summed E-state index contributed by atoms with van der Waals surface area (Å²) in [5, 5.41) is 3.53. The molecule has 0 atom stereocenters. The first kappa shape index (κ1) is 20.9. The molecule has 0 fully saturated rings. The first-order valence-electron chi connectivity index (χ1n) is 9.58. The van der Waals surface area contributed by atoms with E-state index in [1.54, 1.807) is 54.6 Å². The Morgan fingerprint density at radius 2 is 1.73 bits per heavy atom. The van der Waals surface area contributed by atoms with Crippen LogP contribution >= 0.6 is 22.9 Å². The Morgan fingerprint density at radius 1 is 1.03 bits per heavy atom. The molecule has 0 unspecified atom stereocenters. The molecule has 0 aliphatic heterocycles. The fourth-order valence-corrected chi connectivity index (χ4v) is 6.99. The van der Waals surface area contributed by atoms with Crippen LogP contribution in [0.3, 0.4) is 0 Å². The molecule has 1 heterocycles. The summed E-state index contributed by atoms with van der Waals surface area (Å²) in [5.74, 6) is -0.0325. The zero-order valence-electron chi connectivity index (χ0n) is 16.1. The highest BCUT2D eigenvalue weighted by Gasteiger charge is 2.31. The minimum absolute atomic E-state index is 0.221. The number of para-hydroxylation sites is 1. The lowest BCUT2D eigenvalue weighted by Crippen LogP contribution is -2.21. The van der Waals surface area contributed by atoms with Gasteiger partial charge in [0.15, 0.2) is 6.61 Å². The lowest BCUT2D eigenvalue weighted by atomic mass is 9.99. The molecule has 1 amide bonds. The van der Waals surface area contributed by atoms with Crippen molar-refractivity contribution in [3.05, 3.63) is 70.1 Å². The van der Waals surface area contributed by atoms with Crippen LogP contribution in [0.5, 0.6) is 5.75 Å². The van der Waals surface area contributed by atoms with Crippen molar-refractivity contribution in [2.45, 2.75) is 35.5 Å². The molecule has 0 bridgehead atoms. The molecule has 3 aromatic rings. The molecular weight excluding hydrogens is 442 g/mol. The summed E-state index contributed by atoms with van der Waals surface area (Å²) in [6, 6.07) is 15.2. The highest BCUT2D eigenvalue weighted by Crippen LogP contribution is 2.43. The Balaban J connectivity index is 1.63. The van der Waals surface area contributed by atoms with Gasteiger partial charge < -0.3 is 10.1 Å². The fourth-order valence-electron chi connectivity index (χ4n) is 3.49. The first-order valence-corrected chi connectivity index (χ1v) is 12.3. The molecule has 1 N–H and O–H groups in total. The highest BCUT2D eigenvalue weighted by atomic mass is 35.5. The lowest BCUT2D eigenvalue weighted by molar-refractivity contribution is -0.118. The van der Waals surface area contributed by atoms with E-state index in [0.29, 0.717) is 22.2 Å². The number of rotatable bonds is 6. The summed E-state index contributed by atoms with van der Waals surface area (Å²) in [5.41, 5.74) is 0.831. The quantitative estimate of drug-likeness (QED) is 0.552. The summed E-state index contributed by atoms with van der Waals surface area (Å²) >= 11 is 7.40. The highest BCUT2D eigenvalue weighted by molar-refractivity contribution is 7.92. The van der Waals surface area contributed by atoms with Crippen molar-refractivity contribution in [1.82, 2.24) is 0 Å². The smallest absolute Gasteiger partial charge is 0.262 e. The normalized spacial score (nSPS) is 13.5. The van der Waals surface area contributed by atoms with Crippen LogP contribution in [0.25, 0.3) is 0 Å². The Hall–Kier alpha value is -2.35. The predicted molar refractivity (Wildman–Crippen MR) is 118 cm³/mol. The van der Waals surface area contributed by atoms with Crippen LogP contribution in [0.4, 0.5) is 5.00 Å². The van der Waals surface area contributed by atoms with Crippen molar-refractivity contribution in [2.75, 3.05) is 11.9 Å². The summed E-state index contributed by atoms with van der Waals surface area (Å²) in [6.07, 6.45) is 3.47. The van der Waals surface area contributed by atoms with E-state index in [2.05, 4.69) is 5.32 Å². The molecule has 0 spiro atoms. The molecule has 0 saturated carbocycles. The topological polar surface area (TPSA) is 72.5 Å². The molecular formula is C22H20ClNO4S2. The van der Waals surface area contributed by atoms with Crippen LogP contribution in [-0.2, 0) is 27.5 Å². The van der Waals surface area contributed by atoms with Crippen LogP contribution in [0.2, 0.25) is 5.02 Å². The molecule has 156 valence electrons.